The Morgan fingerprint density at radius 1 is 1.09 bits per heavy atom. The van der Waals surface area contributed by atoms with E-state index in [1.165, 1.54) is 9.58 Å². The van der Waals surface area contributed by atoms with Crippen molar-refractivity contribution in [2.45, 2.75) is 46.5 Å². The second-order valence-electron chi connectivity index (χ2n) is 8.56. The molecule has 4 rings (SSSR count). The van der Waals surface area contributed by atoms with Crippen LogP contribution in [0.3, 0.4) is 0 Å². The first-order valence-electron chi connectivity index (χ1n) is 11.5. The summed E-state index contributed by atoms with van der Waals surface area (Å²) in [7, 11) is 0. The number of nitrogens with zero attached hydrogens (tertiary/aromatic N) is 4. The monoisotopic (exact) mass is 478 g/mol. The van der Waals surface area contributed by atoms with Crippen LogP contribution in [0, 0.1) is 0 Å². The van der Waals surface area contributed by atoms with E-state index in [9.17, 15) is 14.7 Å². The molecule has 2 aromatic heterocycles. The highest BCUT2D eigenvalue weighted by atomic mass is 35.5. The molecule has 8 heteroatoms. The van der Waals surface area contributed by atoms with Crippen molar-refractivity contribution in [1.82, 2.24) is 14.7 Å². The van der Waals surface area contributed by atoms with Gasteiger partial charge in [-0.2, -0.15) is 9.67 Å². The highest BCUT2D eigenvalue weighted by Gasteiger charge is 2.46. The predicted molar refractivity (Wildman–Crippen MR) is 128 cm³/mol. The highest BCUT2D eigenvalue weighted by Crippen LogP contribution is 2.39. The standard InChI is InChI=1S/C26H27ClN4O3/c1-5-12-30-24(32)21(23(26(30)34)29-13-10-17(6-2)11-14-29)20-22(16(3)4)28-31(25(20)33)19-9-7-8-18(27)15-19/h7-11,13-16H,5-6,12H2,1-4H3. The summed E-state index contributed by atoms with van der Waals surface area (Å²) < 4.78 is 2.89. The van der Waals surface area contributed by atoms with Crippen LogP contribution in [0.2, 0.25) is 5.02 Å². The molecule has 0 saturated carbocycles. The molecule has 0 bridgehead atoms. The average molecular weight is 479 g/mol. The second kappa shape index (κ2) is 9.43. The Labute approximate surface area is 203 Å². The summed E-state index contributed by atoms with van der Waals surface area (Å²) >= 11 is 6.15. The molecule has 7 nitrogen and oxygen atoms in total. The SMILES string of the molecule is CCCN1C(=O)C(c2c(C(C)C)nn(-c3cccc(Cl)c3)c2[O-])=C([n+]2ccc(CC)cc2)C1=O. The lowest BCUT2D eigenvalue weighted by Gasteiger charge is -2.15. The van der Waals surface area contributed by atoms with Gasteiger partial charge in [-0.25, -0.2) is 4.68 Å². The van der Waals surface area contributed by atoms with Crippen LogP contribution in [-0.4, -0.2) is 33.0 Å². The molecule has 0 saturated heterocycles. The van der Waals surface area contributed by atoms with E-state index in [-0.39, 0.29) is 29.3 Å². The van der Waals surface area contributed by atoms with Crippen LogP contribution in [0.5, 0.6) is 5.88 Å². The largest absolute Gasteiger partial charge is 0.858 e. The summed E-state index contributed by atoms with van der Waals surface area (Å²) in [6.07, 6.45) is 4.97. The first-order valence-corrected chi connectivity index (χ1v) is 11.8. The van der Waals surface area contributed by atoms with Crippen LogP contribution >= 0.6 is 11.6 Å². The summed E-state index contributed by atoms with van der Waals surface area (Å²) in [5, 5.41) is 18.8. The molecule has 1 aromatic carbocycles. The molecular weight excluding hydrogens is 452 g/mol. The number of benzene rings is 1. The molecule has 0 fully saturated rings. The van der Waals surface area contributed by atoms with Gasteiger partial charge in [0.25, 0.3) is 11.6 Å². The maximum absolute atomic E-state index is 13.7. The number of aryl methyl sites for hydroxylation is 1. The molecule has 34 heavy (non-hydrogen) atoms. The second-order valence-corrected chi connectivity index (χ2v) is 9.00. The molecule has 3 aromatic rings. The summed E-state index contributed by atoms with van der Waals surface area (Å²) in [5.41, 5.74) is 2.48. The third-order valence-electron chi connectivity index (χ3n) is 5.88. The van der Waals surface area contributed by atoms with Crippen molar-refractivity contribution in [2.75, 3.05) is 6.54 Å². The lowest BCUT2D eigenvalue weighted by Crippen LogP contribution is -2.39. The molecule has 2 amide bonds. The van der Waals surface area contributed by atoms with Gasteiger partial charge in [0.2, 0.25) is 0 Å². The van der Waals surface area contributed by atoms with E-state index in [0.29, 0.717) is 22.8 Å². The van der Waals surface area contributed by atoms with Crippen molar-refractivity contribution < 1.29 is 19.3 Å². The van der Waals surface area contributed by atoms with E-state index < -0.39 is 17.7 Å². The van der Waals surface area contributed by atoms with Crippen molar-refractivity contribution >= 4 is 34.7 Å². The summed E-state index contributed by atoms with van der Waals surface area (Å²) in [4.78, 5) is 28.2. The van der Waals surface area contributed by atoms with Gasteiger partial charge in [0, 0.05) is 29.3 Å². The molecular formula is C26H27ClN4O3. The zero-order chi connectivity index (χ0) is 24.6. The van der Waals surface area contributed by atoms with E-state index in [4.69, 9.17) is 11.6 Å². The van der Waals surface area contributed by atoms with E-state index >= 15 is 0 Å². The Balaban J connectivity index is 2.00. The van der Waals surface area contributed by atoms with Gasteiger partial charge in [-0.1, -0.05) is 45.4 Å². The normalized spacial score (nSPS) is 14.1. The quantitative estimate of drug-likeness (QED) is 0.383. The number of amides is 2. The lowest BCUT2D eigenvalue weighted by atomic mass is 9.98. The smallest absolute Gasteiger partial charge is 0.326 e. The first kappa shape index (κ1) is 23.7. The molecule has 0 aliphatic carbocycles. The van der Waals surface area contributed by atoms with Crippen LogP contribution in [0.4, 0.5) is 0 Å². The van der Waals surface area contributed by atoms with Gasteiger partial charge < -0.3 is 5.11 Å². The Hall–Kier alpha value is -3.45. The fourth-order valence-corrected chi connectivity index (χ4v) is 4.32. The summed E-state index contributed by atoms with van der Waals surface area (Å²) in [5.74, 6) is -1.50. The Morgan fingerprint density at radius 2 is 1.79 bits per heavy atom. The molecule has 0 radical (unpaired) electrons. The maximum Gasteiger partial charge on any atom is 0.326 e. The minimum atomic E-state index is -0.474. The fourth-order valence-electron chi connectivity index (χ4n) is 4.14. The minimum absolute atomic E-state index is 0.0923. The van der Waals surface area contributed by atoms with Gasteiger partial charge in [-0.3, -0.25) is 14.5 Å². The van der Waals surface area contributed by atoms with Gasteiger partial charge in [0.1, 0.15) is 5.57 Å². The molecule has 0 unspecified atom stereocenters. The van der Waals surface area contributed by atoms with Crippen LogP contribution in [0.1, 0.15) is 56.9 Å². The van der Waals surface area contributed by atoms with Crippen molar-refractivity contribution in [2.24, 2.45) is 0 Å². The zero-order valence-electron chi connectivity index (χ0n) is 19.7. The first-order chi connectivity index (χ1) is 16.3. The van der Waals surface area contributed by atoms with Crippen LogP contribution < -0.4 is 9.67 Å². The van der Waals surface area contributed by atoms with Gasteiger partial charge in [-0.15, -0.1) is 0 Å². The third kappa shape index (κ3) is 4.01. The van der Waals surface area contributed by atoms with Crippen LogP contribution in [-0.2, 0) is 16.0 Å². The maximum atomic E-state index is 13.7. The number of carbonyl (C=O) groups excluding carboxylic acids is 2. The molecule has 176 valence electrons. The van der Waals surface area contributed by atoms with E-state index in [2.05, 4.69) is 5.10 Å². The van der Waals surface area contributed by atoms with Crippen molar-refractivity contribution in [3.63, 3.8) is 0 Å². The number of carbonyl (C=O) groups is 2. The third-order valence-corrected chi connectivity index (χ3v) is 6.11. The average Bonchev–Trinajstić information content (AvgIpc) is 3.28. The van der Waals surface area contributed by atoms with E-state index in [1.807, 2.05) is 39.8 Å². The van der Waals surface area contributed by atoms with Gasteiger partial charge in [0.05, 0.1) is 11.4 Å². The molecule has 0 spiro atoms. The predicted octanol–water partition coefficient (Wildman–Crippen LogP) is 3.72. The Bertz CT molecular complexity index is 1290. The number of imide groups is 1. The van der Waals surface area contributed by atoms with E-state index in [1.54, 1.807) is 41.2 Å². The molecule has 3 heterocycles. The number of pyridine rings is 1. The lowest BCUT2D eigenvalue weighted by molar-refractivity contribution is -0.577. The molecule has 1 aliphatic heterocycles. The molecule has 0 N–H and O–H groups in total. The Kier molecular flexibility index (Phi) is 6.57. The number of aromatic nitrogens is 3. The van der Waals surface area contributed by atoms with Crippen LogP contribution in [0.15, 0.2) is 48.8 Å². The van der Waals surface area contributed by atoms with E-state index in [0.717, 1.165) is 12.0 Å². The van der Waals surface area contributed by atoms with Crippen molar-refractivity contribution in [3.05, 3.63) is 70.6 Å². The van der Waals surface area contributed by atoms with Gasteiger partial charge in [-0.05, 0) is 48.4 Å². The van der Waals surface area contributed by atoms with Gasteiger partial charge >= 0.3 is 5.91 Å². The highest BCUT2D eigenvalue weighted by molar-refractivity contribution is 6.45. The van der Waals surface area contributed by atoms with Gasteiger partial charge in [0.15, 0.2) is 12.4 Å². The number of hydrogen-bond donors (Lipinski definition) is 0. The topological polar surface area (TPSA) is 82.1 Å². The number of rotatable bonds is 7. The summed E-state index contributed by atoms with van der Waals surface area (Å²) in [6.45, 7) is 8.02. The Morgan fingerprint density at radius 3 is 2.38 bits per heavy atom. The van der Waals surface area contributed by atoms with Crippen molar-refractivity contribution in [3.8, 4) is 11.6 Å². The molecule has 0 atom stereocenters. The molecule has 1 aliphatic rings. The minimum Gasteiger partial charge on any atom is -0.858 e. The zero-order valence-corrected chi connectivity index (χ0v) is 20.5. The fraction of sp³-hybridized carbons (Fsp3) is 0.308. The van der Waals surface area contributed by atoms with Crippen LogP contribution in [0.25, 0.3) is 17.0 Å². The summed E-state index contributed by atoms with van der Waals surface area (Å²) in [6, 6.07) is 10.6. The van der Waals surface area contributed by atoms with Crippen molar-refractivity contribution in [1.29, 1.82) is 0 Å². The number of halogens is 1. The number of hydrogen-bond acceptors (Lipinski definition) is 4.